The fourth-order valence-corrected chi connectivity index (χ4v) is 4.05. The SMILES string of the molecule is O=C(Nc1cccc(N2CCCN(Cc3cccc(OC(F)(F)F)c3)C2=O)c1)c1ccccc1Cl. The van der Waals surface area contributed by atoms with E-state index in [0.717, 1.165) is 0 Å². The molecule has 10 heteroatoms. The van der Waals surface area contributed by atoms with Crippen LogP contribution >= 0.6 is 11.6 Å². The van der Waals surface area contributed by atoms with Crippen molar-refractivity contribution in [2.24, 2.45) is 0 Å². The van der Waals surface area contributed by atoms with Crippen LogP contribution in [0.15, 0.2) is 72.8 Å². The molecule has 0 spiro atoms. The van der Waals surface area contributed by atoms with Crippen LogP contribution in [0.4, 0.5) is 29.3 Å². The first kappa shape index (κ1) is 24.4. The third kappa shape index (κ3) is 6.24. The van der Waals surface area contributed by atoms with Gasteiger partial charge in [0, 0.05) is 31.0 Å². The molecule has 0 saturated carbocycles. The largest absolute Gasteiger partial charge is 0.573 e. The predicted molar refractivity (Wildman–Crippen MR) is 127 cm³/mol. The maximum absolute atomic E-state index is 13.2. The molecule has 6 nitrogen and oxygen atoms in total. The molecule has 0 aromatic heterocycles. The fourth-order valence-electron chi connectivity index (χ4n) is 3.82. The molecule has 35 heavy (non-hydrogen) atoms. The van der Waals surface area contributed by atoms with Crippen LogP contribution in [0, 0.1) is 0 Å². The van der Waals surface area contributed by atoms with E-state index >= 15 is 0 Å². The summed E-state index contributed by atoms with van der Waals surface area (Å²) in [5.74, 6) is -0.710. The van der Waals surface area contributed by atoms with Crippen LogP contribution < -0.4 is 15.0 Å². The molecule has 1 aliphatic rings. The third-order valence-corrected chi connectivity index (χ3v) is 5.68. The highest BCUT2D eigenvalue weighted by atomic mass is 35.5. The molecule has 0 radical (unpaired) electrons. The molecule has 3 amide bonds. The lowest BCUT2D eigenvalue weighted by molar-refractivity contribution is -0.274. The number of anilines is 2. The molecule has 4 rings (SSSR count). The molecule has 0 atom stereocenters. The van der Waals surface area contributed by atoms with Crippen molar-refractivity contribution in [2.45, 2.75) is 19.3 Å². The highest BCUT2D eigenvalue weighted by Crippen LogP contribution is 2.27. The highest BCUT2D eigenvalue weighted by Gasteiger charge is 2.31. The van der Waals surface area contributed by atoms with Gasteiger partial charge >= 0.3 is 12.4 Å². The van der Waals surface area contributed by atoms with Gasteiger partial charge in [-0.3, -0.25) is 9.69 Å². The number of amides is 3. The number of carbonyl (C=O) groups excluding carboxylic acids is 2. The average Bonchev–Trinajstić information content (AvgIpc) is 2.80. The van der Waals surface area contributed by atoms with E-state index in [-0.39, 0.29) is 24.2 Å². The Kier molecular flexibility index (Phi) is 7.16. The summed E-state index contributed by atoms with van der Waals surface area (Å²) in [5, 5.41) is 3.12. The first-order valence-electron chi connectivity index (χ1n) is 10.8. The highest BCUT2D eigenvalue weighted by molar-refractivity contribution is 6.34. The van der Waals surface area contributed by atoms with E-state index in [1.54, 1.807) is 64.4 Å². The zero-order valence-corrected chi connectivity index (χ0v) is 19.1. The third-order valence-electron chi connectivity index (χ3n) is 5.35. The van der Waals surface area contributed by atoms with E-state index in [1.807, 2.05) is 0 Å². The van der Waals surface area contributed by atoms with Crippen LogP contribution in [0.5, 0.6) is 5.75 Å². The normalized spacial score (nSPS) is 14.1. The number of nitrogens with zero attached hydrogens (tertiary/aromatic N) is 2. The zero-order valence-electron chi connectivity index (χ0n) is 18.4. The minimum Gasteiger partial charge on any atom is -0.406 e. The first-order chi connectivity index (χ1) is 16.7. The number of carbonyl (C=O) groups is 2. The minimum atomic E-state index is -4.79. The second kappa shape index (κ2) is 10.3. The van der Waals surface area contributed by atoms with Crippen LogP contribution in [-0.4, -0.2) is 36.3 Å². The van der Waals surface area contributed by atoms with Gasteiger partial charge in [0.05, 0.1) is 10.6 Å². The van der Waals surface area contributed by atoms with Gasteiger partial charge in [0.15, 0.2) is 0 Å². The molecule has 1 saturated heterocycles. The van der Waals surface area contributed by atoms with Crippen molar-refractivity contribution in [3.05, 3.63) is 88.9 Å². The van der Waals surface area contributed by atoms with Crippen molar-refractivity contribution in [3.8, 4) is 5.75 Å². The lowest BCUT2D eigenvalue weighted by atomic mass is 10.1. The van der Waals surface area contributed by atoms with Gasteiger partial charge in [-0.25, -0.2) is 4.79 Å². The molecule has 1 N–H and O–H groups in total. The number of alkyl halides is 3. The lowest BCUT2D eigenvalue weighted by Gasteiger charge is -2.36. The number of hydrogen-bond donors (Lipinski definition) is 1. The second-order valence-corrected chi connectivity index (χ2v) is 8.30. The van der Waals surface area contributed by atoms with E-state index in [4.69, 9.17) is 11.6 Å². The summed E-state index contributed by atoms with van der Waals surface area (Å²) in [6.07, 6.45) is -4.12. The molecular weight excluding hydrogens is 483 g/mol. The molecule has 1 fully saturated rings. The monoisotopic (exact) mass is 503 g/mol. The summed E-state index contributed by atoms with van der Waals surface area (Å²) in [4.78, 5) is 28.9. The summed E-state index contributed by atoms with van der Waals surface area (Å²) >= 11 is 6.10. The van der Waals surface area contributed by atoms with Gasteiger partial charge in [-0.05, 0) is 54.4 Å². The number of halogens is 4. The molecule has 3 aromatic carbocycles. The average molecular weight is 504 g/mol. The Morgan fingerprint density at radius 2 is 1.77 bits per heavy atom. The quantitative estimate of drug-likeness (QED) is 0.428. The van der Waals surface area contributed by atoms with Crippen molar-refractivity contribution >= 4 is 34.9 Å². The molecule has 182 valence electrons. The maximum Gasteiger partial charge on any atom is 0.573 e. The Morgan fingerprint density at radius 1 is 1.00 bits per heavy atom. The standard InChI is InChI=1S/C25H21ClF3N3O3/c26-22-11-2-1-10-21(22)23(33)30-18-7-4-8-19(15-18)32-13-5-12-31(24(32)34)16-17-6-3-9-20(14-17)35-25(27,28)29/h1-4,6-11,14-15H,5,12-13,16H2,(H,30,33). The van der Waals surface area contributed by atoms with Crippen molar-refractivity contribution in [1.29, 1.82) is 0 Å². The van der Waals surface area contributed by atoms with Crippen LogP contribution in [-0.2, 0) is 6.54 Å². The Morgan fingerprint density at radius 3 is 2.54 bits per heavy atom. The van der Waals surface area contributed by atoms with Crippen LogP contribution in [0.3, 0.4) is 0 Å². The summed E-state index contributed by atoms with van der Waals surface area (Å²) in [6.45, 7) is 1.06. The number of urea groups is 1. The smallest absolute Gasteiger partial charge is 0.406 e. The van der Waals surface area contributed by atoms with Crippen LogP contribution in [0.1, 0.15) is 22.3 Å². The molecule has 0 unspecified atom stereocenters. The Hall–Kier alpha value is -3.72. The summed E-state index contributed by atoms with van der Waals surface area (Å²) in [6, 6.07) is 18.8. The summed E-state index contributed by atoms with van der Waals surface area (Å²) in [7, 11) is 0. The van der Waals surface area contributed by atoms with Crippen LogP contribution in [0.25, 0.3) is 0 Å². The molecule has 1 heterocycles. The van der Waals surface area contributed by atoms with Crippen molar-refractivity contribution in [2.75, 3.05) is 23.3 Å². The van der Waals surface area contributed by atoms with Gasteiger partial charge in [-0.1, -0.05) is 41.9 Å². The molecule has 0 aliphatic carbocycles. The Labute approximate surface area is 204 Å². The molecule has 0 bridgehead atoms. The Balaban J connectivity index is 1.46. The van der Waals surface area contributed by atoms with Gasteiger partial charge < -0.3 is 15.0 Å². The van der Waals surface area contributed by atoms with Crippen molar-refractivity contribution in [1.82, 2.24) is 4.90 Å². The van der Waals surface area contributed by atoms with Gasteiger partial charge in [-0.15, -0.1) is 13.2 Å². The van der Waals surface area contributed by atoms with E-state index in [1.165, 1.54) is 18.2 Å². The fraction of sp³-hybridized carbons (Fsp3) is 0.200. The number of nitrogens with one attached hydrogen (secondary N) is 1. The van der Waals surface area contributed by atoms with E-state index < -0.39 is 6.36 Å². The second-order valence-electron chi connectivity index (χ2n) is 7.89. The van der Waals surface area contributed by atoms with Gasteiger partial charge in [0.2, 0.25) is 0 Å². The number of hydrogen-bond acceptors (Lipinski definition) is 3. The number of benzene rings is 3. The maximum atomic E-state index is 13.2. The topological polar surface area (TPSA) is 61.9 Å². The number of rotatable bonds is 6. The zero-order chi connectivity index (χ0) is 25.0. The summed E-state index contributed by atoms with van der Waals surface area (Å²) < 4.78 is 41.6. The van der Waals surface area contributed by atoms with Gasteiger partial charge in [-0.2, -0.15) is 0 Å². The van der Waals surface area contributed by atoms with Crippen molar-refractivity contribution in [3.63, 3.8) is 0 Å². The first-order valence-corrected chi connectivity index (χ1v) is 11.1. The Bertz CT molecular complexity index is 1240. The lowest BCUT2D eigenvalue weighted by Crippen LogP contribution is -2.49. The van der Waals surface area contributed by atoms with E-state index in [2.05, 4.69) is 10.1 Å². The minimum absolute atomic E-state index is 0.132. The van der Waals surface area contributed by atoms with Gasteiger partial charge in [0.25, 0.3) is 5.91 Å². The number of ether oxygens (including phenoxy) is 1. The van der Waals surface area contributed by atoms with Crippen LogP contribution in [0.2, 0.25) is 5.02 Å². The molecular formula is C25H21ClF3N3O3. The summed E-state index contributed by atoms with van der Waals surface area (Å²) in [5.41, 5.74) is 1.93. The van der Waals surface area contributed by atoms with Gasteiger partial charge in [0.1, 0.15) is 5.75 Å². The van der Waals surface area contributed by atoms with Crippen molar-refractivity contribution < 1.29 is 27.5 Å². The predicted octanol–water partition coefficient (Wildman–Crippen LogP) is 6.32. The molecule has 1 aliphatic heterocycles. The van der Waals surface area contributed by atoms with E-state index in [0.29, 0.717) is 47.0 Å². The van der Waals surface area contributed by atoms with E-state index in [9.17, 15) is 22.8 Å². The molecule has 3 aromatic rings.